The first kappa shape index (κ1) is 28.5. The summed E-state index contributed by atoms with van der Waals surface area (Å²) in [5.74, 6) is -1.68. The molecule has 0 aliphatic heterocycles. The van der Waals surface area contributed by atoms with E-state index < -0.39 is 35.9 Å². The number of anilines is 1. The Morgan fingerprint density at radius 2 is 1.44 bits per heavy atom. The standard InChI is InChI=1S/C28H31N5O6/c1-19(30-28(38)39-18-21-8-4-2-5-9-21)26(36)31-24(16-20-12-14-23(34)15-13-20)27(37)29-17-25(35)33-32-22-10-6-3-7-11-22/h2-15,19,24,32,34H,16-18H2,1H3,(H,29,37)(H,30,38)(H,31,36)(H,33,35)/t19-,24-/m0/s1. The lowest BCUT2D eigenvalue weighted by Gasteiger charge is -2.21. The van der Waals surface area contributed by atoms with Crippen molar-refractivity contribution >= 4 is 29.5 Å². The van der Waals surface area contributed by atoms with Gasteiger partial charge in [-0.25, -0.2) is 4.79 Å². The number of para-hydroxylation sites is 1. The van der Waals surface area contributed by atoms with Crippen LogP contribution in [0.5, 0.6) is 5.75 Å². The van der Waals surface area contributed by atoms with Gasteiger partial charge in [0.2, 0.25) is 11.8 Å². The zero-order valence-electron chi connectivity index (χ0n) is 21.3. The van der Waals surface area contributed by atoms with E-state index in [4.69, 9.17) is 4.74 Å². The lowest BCUT2D eigenvalue weighted by molar-refractivity contribution is -0.130. The van der Waals surface area contributed by atoms with Gasteiger partial charge < -0.3 is 25.8 Å². The van der Waals surface area contributed by atoms with E-state index in [-0.39, 0.29) is 25.3 Å². The number of benzene rings is 3. The van der Waals surface area contributed by atoms with Gasteiger partial charge in [0.05, 0.1) is 12.2 Å². The van der Waals surface area contributed by atoms with Crippen molar-refractivity contribution in [1.82, 2.24) is 21.4 Å². The molecule has 0 heterocycles. The second-order valence-corrected chi connectivity index (χ2v) is 8.62. The van der Waals surface area contributed by atoms with Gasteiger partial charge in [0, 0.05) is 6.42 Å². The van der Waals surface area contributed by atoms with Crippen LogP contribution < -0.4 is 26.8 Å². The number of hydrazine groups is 1. The number of phenolic OH excluding ortho intramolecular Hbond substituents is 1. The molecule has 0 radical (unpaired) electrons. The average Bonchev–Trinajstić information content (AvgIpc) is 2.95. The molecule has 11 heteroatoms. The molecule has 0 saturated heterocycles. The van der Waals surface area contributed by atoms with E-state index in [1.165, 1.54) is 19.1 Å². The number of carbonyl (C=O) groups excluding carboxylic acids is 4. The summed E-state index contributed by atoms with van der Waals surface area (Å²) in [5.41, 5.74) is 7.32. The van der Waals surface area contributed by atoms with Crippen molar-refractivity contribution in [1.29, 1.82) is 0 Å². The topological polar surface area (TPSA) is 158 Å². The zero-order chi connectivity index (χ0) is 28.0. The van der Waals surface area contributed by atoms with E-state index in [9.17, 15) is 24.3 Å². The van der Waals surface area contributed by atoms with Crippen LogP contribution in [-0.4, -0.2) is 47.5 Å². The van der Waals surface area contributed by atoms with Crippen LogP contribution in [0.1, 0.15) is 18.1 Å². The molecule has 3 rings (SSSR count). The molecular weight excluding hydrogens is 502 g/mol. The lowest BCUT2D eigenvalue weighted by atomic mass is 10.0. The number of alkyl carbamates (subject to hydrolysis) is 1. The second-order valence-electron chi connectivity index (χ2n) is 8.62. The number of hydrogen-bond donors (Lipinski definition) is 6. The predicted octanol–water partition coefficient (Wildman–Crippen LogP) is 1.99. The lowest BCUT2D eigenvalue weighted by Crippen LogP contribution is -2.54. The highest BCUT2D eigenvalue weighted by atomic mass is 16.5. The van der Waals surface area contributed by atoms with Crippen molar-refractivity contribution in [2.75, 3.05) is 12.0 Å². The molecule has 3 aromatic rings. The fourth-order valence-corrected chi connectivity index (χ4v) is 3.38. The first-order valence-corrected chi connectivity index (χ1v) is 12.2. The minimum absolute atomic E-state index is 0.0358. The molecule has 0 fully saturated rings. The van der Waals surface area contributed by atoms with Gasteiger partial charge in [0.15, 0.2) is 0 Å². The van der Waals surface area contributed by atoms with Crippen LogP contribution in [0.3, 0.4) is 0 Å². The number of nitrogens with one attached hydrogen (secondary N) is 5. The Kier molecular flexibility index (Phi) is 10.7. The Morgan fingerprint density at radius 1 is 0.795 bits per heavy atom. The van der Waals surface area contributed by atoms with Crippen LogP contribution in [0.2, 0.25) is 0 Å². The number of aromatic hydroxyl groups is 1. The van der Waals surface area contributed by atoms with Gasteiger partial charge in [-0.05, 0) is 42.3 Å². The van der Waals surface area contributed by atoms with E-state index in [1.807, 2.05) is 24.3 Å². The van der Waals surface area contributed by atoms with Gasteiger partial charge >= 0.3 is 6.09 Å². The maximum atomic E-state index is 12.9. The number of ether oxygens (including phenoxy) is 1. The molecule has 0 aliphatic carbocycles. The number of amides is 4. The normalized spacial score (nSPS) is 11.8. The van der Waals surface area contributed by atoms with Crippen molar-refractivity contribution in [3.05, 3.63) is 96.1 Å². The van der Waals surface area contributed by atoms with Gasteiger partial charge in [-0.1, -0.05) is 60.7 Å². The first-order valence-electron chi connectivity index (χ1n) is 12.2. The summed E-state index contributed by atoms with van der Waals surface area (Å²) in [4.78, 5) is 50.1. The summed E-state index contributed by atoms with van der Waals surface area (Å²) in [6, 6.07) is 22.1. The molecule has 11 nitrogen and oxygen atoms in total. The predicted molar refractivity (Wildman–Crippen MR) is 144 cm³/mol. The molecule has 0 aliphatic rings. The highest BCUT2D eigenvalue weighted by Gasteiger charge is 2.25. The fraction of sp³-hybridized carbons (Fsp3) is 0.214. The summed E-state index contributed by atoms with van der Waals surface area (Å²) in [6.07, 6.45) is -0.712. The third-order valence-electron chi connectivity index (χ3n) is 5.49. The molecule has 0 saturated carbocycles. The summed E-state index contributed by atoms with van der Waals surface area (Å²) < 4.78 is 5.14. The van der Waals surface area contributed by atoms with E-state index in [0.717, 1.165) is 5.56 Å². The fourth-order valence-electron chi connectivity index (χ4n) is 3.38. The Morgan fingerprint density at radius 3 is 2.10 bits per heavy atom. The van der Waals surface area contributed by atoms with Gasteiger partial charge in [-0.3, -0.25) is 25.2 Å². The number of hydrogen-bond acceptors (Lipinski definition) is 7. The molecule has 0 spiro atoms. The number of phenols is 1. The van der Waals surface area contributed by atoms with Crippen LogP contribution in [0.4, 0.5) is 10.5 Å². The van der Waals surface area contributed by atoms with Gasteiger partial charge in [-0.2, -0.15) is 0 Å². The SMILES string of the molecule is C[C@H](NC(=O)OCc1ccccc1)C(=O)N[C@@H](Cc1ccc(O)cc1)C(=O)NCC(=O)NNc1ccccc1. The van der Waals surface area contributed by atoms with Crippen LogP contribution in [0, 0.1) is 0 Å². The highest BCUT2D eigenvalue weighted by Crippen LogP contribution is 2.12. The maximum absolute atomic E-state index is 12.9. The average molecular weight is 534 g/mol. The molecule has 0 unspecified atom stereocenters. The second kappa shape index (κ2) is 14.6. The molecule has 6 N–H and O–H groups in total. The quantitative estimate of drug-likeness (QED) is 0.194. The molecule has 0 aromatic heterocycles. The van der Waals surface area contributed by atoms with E-state index in [1.54, 1.807) is 48.5 Å². The minimum Gasteiger partial charge on any atom is -0.508 e. The third kappa shape index (κ3) is 10.1. The van der Waals surface area contributed by atoms with Crippen LogP contribution in [0.25, 0.3) is 0 Å². The molecule has 4 amide bonds. The number of carbonyl (C=O) groups is 4. The van der Waals surface area contributed by atoms with Crippen molar-refractivity contribution in [2.45, 2.75) is 32.0 Å². The van der Waals surface area contributed by atoms with Crippen molar-refractivity contribution in [3.63, 3.8) is 0 Å². The Labute approximate surface area is 225 Å². The summed E-state index contributed by atoms with van der Waals surface area (Å²) in [6.45, 7) is 1.14. The Hall–Kier alpha value is -5.06. The van der Waals surface area contributed by atoms with Crippen molar-refractivity contribution < 1.29 is 29.0 Å². The van der Waals surface area contributed by atoms with E-state index in [0.29, 0.717) is 11.3 Å². The molecule has 204 valence electrons. The maximum Gasteiger partial charge on any atom is 0.408 e. The monoisotopic (exact) mass is 533 g/mol. The summed E-state index contributed by atoms with van der Waals surface area (Å²) in [7, 11) is 0. The third-order valence-corrected chi connectivity index (χ3v) is 5.49. The van der Waals surface area contributed by atoms with Crippen LogP contribution in [0.15, 0.2) is 84.9 Å². The molecule has 3 aromatic carbocycles. The van der Waals surface area contributed by atoms with Crippen molar-refractivity contribution in [2.24, 2.45) is 0 Å². The van der Waals surface area contributed by atoms with Gasteiger partial charge in [-0.15, -0.1) is 0 Å². The molecular formula is C28H31N5O6. The van der Waals surface area contributed by atoms with Gasteiger partial charge in [0.1, 0.15) is 24.4 Å². The largest absolute Gasteiger partial charge is 0.508 e. The van der Waals surface area contributed by atoms with E-state index in [2.05, 4.69) is 26.8 Å². The van der Waals surface area contributed by atoms with Gasteiger partial charge in [0.25, 0.3) is 5.91 Å². The first-order chi connectivity index (χ1) is 18.8. The minimum atomic E-state index is -1.07. The molecule has 0 bridgehead atoms. The summed E-state index contributed by atoms with van der Waals surface area (Å²) >= 11 is 0. The van der Waals surface area contributed by atoms with E-state index >= 15 is 0 Å². The Balaban J connectivity index is 1.54. The summed E-state index contributed by atoms with van der Waals surface area (Å²) in [5, 5.41) is 17.1. The smallest absolute Gasteiger partial charge is 0.408 e. The zero-order valence-corrected chi connectivity index (χ0v) is 21.3. The van der Waals surface area contributed by atoms with Crippen molar-refractivity contribution in [3.8, 4) is 5.75 Å². The highest BCUT2D eigenvalue weighted by molar-refractivity contribution is 5.93. The molecule has 39 heavy (non-hydrogen) atoms. The molecule has 2 atom stereocenters. The van der Waals surface area contributed by atoms with Crippen LogP contribution in [-0.2, 0) is 32.1 Å². The van der Waals surface area contributed by atoms with Crippen LogP contribution >= 0.6 is 0 Å². The number of rotatable bonds is 12. The Bertz CT molecular complexity index is 1240.